The predicted molar refractivity (Wildman–Crippen MR) is 96.4 cm³/mol. The van der Waals surface area contributed by atoms with Crippen molar-refractivity contribution in [3.8, 4) is 11.5 Å². The molecular weight excluding hydrogens is 336 g/mol. The number of piperidine rings is 1. The summed E-state index contributed by atoms with van der Waals surface area (Å²) in [6, 6.07) is 5.83. The Kier molecular flexibility index (Phi) is 6.34. The van der Waals surface area contributed by atoms with Crippen molar-refractivity contribution in [2.24, 2.45) is 0 Å². The van der Waals surface area contributed by atoms with E-state index in [9.17, 15) is 9.90 Å². The Bertz CT molecular complexity index is 624. The van der Waals surface area contributed by atoms with Crippen LogP contribution in [0.3, 0.4) is 0 Å². The monoisotopic (exact) mass is 364 g/mol. The van der Waals surface area contributed by atoms with E-state index in [-0.39, 0.29) is 12.5 Å². The molecule has 0 radical (unpaired) electrons. The molecule has 0 aliphatic carbocycles. The minimum Gasteiger partial charge on any atom is -0.490 e. The Labute approximate surface area is 154 Å². The van der Waals surface area contributed by atoms with E-state index in [1.54, 1.807) is 12.0 Å². The van der Waals surface area contributed by atoms with Crippen LogP contribution in [0, 0.1) is 0 Å². The number of likely N-dealkylation sites (tertiary alicyclic amines) is 1. The number of carbonyl (C=O) groups is 1. The second-order valence-electron chi connectivity index (χ2n) is 6.86. The van der Waals surface area contributed by atoms with Crippen LogP contribution >= 0.6 is 0 Å². The zero-order valence-corrected chi connectivity index (χ0v) is 15.3. The maximum absolute atomic E-state index is 12.6. The average Bonchev–Trinajstić information content (AvgIpc) is 2.88. The van der Waals surface area contributed by atoms with Gasteiger partial charge in [0.25, 0.3) is 5.91 Å². The number of aliphatic hydroxyl groups is 1. The number of hydrogen-bond donors (Lipinski definition) is 2. The first kappa shape index (κ1) is 18.9. The third-order valence-corrected chi connectivity index (χ3v) is 4.83. The van der Waals surface area contributed by atoms with Crippen LogP contribution in [0.1, 0.15) is 24.8 Å². The van der Waals surface area contributed by atoms with E-state index in [2.05, 4.69) is 5.32 Å². The fraction of sp³-hybridized carbons (Fsp3) is 0.632. The smallest absolute Gasteiger partial charge is 0.255 e. The van der Waals surface area contributed by atoms with Crippen LogP contribution < -0.4 is 14.8 Å². The standard InChI is InChI=1S/C19H28N2O5/c1-24-11-8-21-7-2-6-19(23,18(21)22)14-20-13-15-4-5-16-17(12-15)26-10-3-9-25-16/h4-5,12,20,23H,2-3,6-11,13-14H2,1H3. The van der Waals surface area contributed by atoms with Gasteiger partial charge in [-0.15, -0.1) is 0 Å². The molecule has 7 heteroatoms. The van der Waals surface area contributed by atoms with Crippen LogP contribution in [0.15, 0.2) is 18.2 Å². The van der Waals surface area contributed by atoms with E-state index >= 15 is 0 Å². The fourth-order valence-corrected chi connectivity index (χ4v) is 3.38. The summed E-state index contributed by atoms with van der Waals surface area (Å²) in [4.78, 5) is 14.3. The van der Waals surface area contributed by atoms with Gasteiger partial charge >= 0.3 is 0 Å². The van der Waals surface area contributed by atoms with Crippen LogP contribution in [-0.4, -0.2) is 68.1 Å². The first-order valence-electron chi connectivity index (χ1n) is 9.22. The summed E-state index contributed by atoms with van der Waals surface area (Å²) in [6.45, 7) is 3.75. The van der Waals surface area contributed by atoms with Crippen LogP contribution in [0.4, 0.5) is 0 Å². The molecule has 1 fully saturated rings. The summed E-state index contributed by atoms with van der Waals surface area (Å²) in [7, 11) is 1.61. The van der Waals surface area contributed by atoms with Crippen molar-refractivity contribution in [2.45, 2.75) is 31.4 Å². The summed E-state index contributed by atoms with van der Waals surface area (Å²) in [6.07, 6.45) is 2.14. The van der Waals surface area contributed by atoms with Gasteiger partial charge in [-0.2, -0.15) is 0 Å². The largest absolute Gasteiger partial charge is 0.490 e. The third-order valence-electron chi connectivity index (χ3n) is 4.83. The molecule has 2 aliphatic rings. The molecule has 2 aliphatic heterocycles. The molecular formula is C19H28N2O5. The Balaban J connectivity index is 1.55. The van der Waals surface area contributed by atoms with Crippen LogP contribution in [0.2, 0.25) is 0 Å². The molecule has 0 bridgehead atoms. The SMILES string of the molecule is COCCN1CCCC(O)(CNCc2ccc3c(c2)OCCCO3)C1=O. The highest BCUT2D eigenvalue weighted by Crippen LogP contribution is 2.30. The summed E-state index contributed by atoms with van der Waals surface area (Å²) >= 11 is 0. The lowest BCUT2D eigenvalue weighted by molar-refractivity contribution is -0.157. The highest BCUT2D eigenvalue weighted by atomic mass is 16.5. The quantitative estimate of drug-likeness (QED) is 0.750. The van der Waals surface area contributed by atoms with Gasteiger partial charge in [-0.3, -0.25) is 4.79 Å². The van der Waals surface area contributed by atoms with E-state index in [1.165, 1.54) is 0 Å². The third kappa shape index (κ3) is 4.47. The van der Waals surface area contributed by atoms with Gasteiger partial charge < -0.3 is 29.5 Å². The maximum atomic E-state index is 12.6. The molecule has 144 valence electrons. The molecule has 1 amide bonds. The van der Waals surface area contributed by atoms with Gasteiger partial charge in [0.15, 0.2) is 17.1 Å². The number of fused-ring (bicyclic) bond motifs is 1. The first-order valence-corrected chi connectivity index (χ1v) is 9.22. The lowest BCUT2D eigenvalue weighted by atomic mass is 9.91. The highest BCUT2D eigenvalue weighted by molar-refractivity contribution is 5.86. The van der Waals surface area contributed by atoms with Crippen LogP contribution in [0.5, 0.6) is 11.5 Å². The van der Waals surface area contributed by atoms with E-state index in [0.29, 0.717) is 45.9 Å². The zero-order valence-electron chi connectivity index (χ0n) is 15.3. The molecule has 1 unspecified atom stereocenters. The Morgan fingerprint density at radius 3 is 2.88 bits per heavy atom. The summed E-state index contributed by atoms with van der Waals surface area (Å²) in [5.41, 5.74) is -0.325. The first-order chi connectivity index (χ1) is 12.6. The lowest BCUT2D eigenvalue weighted by Gasteiger charge is -2.38. The van der Waals surface area contributed by atoms with Crippen LogP contribution in [0.25, 0.3) is 0 Å². The summed E-state index contributed by atoms with van der Waals surface area (Å²) < 4.78 is 16.4. The molecule has 1 aromatic rings. The topological polar surface area (TPSA) is 80.3 Å². The molecule has 0 aromatic heterocycles. The number of nitrogens with one attached hydrogen (secondary N) is 1. The second-order valence-corrected chi connectivity index (χ2v) is 6.86. The van der Waals surface area contributed by atoms with Crippen molar-refractivity contribution in [3.05, 3.63) is 23.8 Å². The number of carbonyl (C=O) groups excluding carboxylic acids is 1. The Hall–Kier alpha value is -1.83. The van der Waals surface area contributed by atoms with E-state index in [1.807, 2.05) is 18.2 Å². The van der Waals surface area contributed by atoms with Gasteiger partial charge in [0, 0.05) is 39.7 Å². The number of amides is 1. The van der Waals surface area contributed by atoms with E-state index in [4.69, 9.17) is 14.2 Å². The van der Waals surface area contributed by atoms with Gasteiger partial charge in [-0.25, -0.2) is 0 Å². The van der Waals surface area contributed by atoms with Gasteiger partial charge in [0.1, 0.15) is 0 Å². The number of methoxy groups -OCH3 is 1. The molecule has 0 saturated carbocycles. The van der Waals surface area contributed by atoms with E-state index < -0.39 is 5.60 Å². The summed E-state index contributed by atoms with van der Waals surface area (Å²) in [5.74, 6) is 1.30. The number of ether oxygens (including phenoxy) is 3. The fourth-order valence-electron chi connectivity index (χ4n) is 3.38. The summed E-state index contributed by atoms with van der Waals surface area (Å²) in [5, 5.41) is 14.0. The van der Waals surface area contributed by atoms with Crippen molar-refractivity contribution in [1.29, 1.82) is 0 Å². The maximum Gasteiger partial charge on any atom is 0.255 e. The molecule has 2 heterocycles. The minimum absolute atomic E-state index is 0.216. The van der Waals surface area contributed by atoms with Gasteiger partial charge in [0.2, 0.25) is 0 Å². The lowest BCUT2D eigenvalue weighted by Crippen LogP contribution is -2.58. The minimum atomic E-state index is -1.35. The highest BCUT2D eigenvalue weighted by Gasteiger charge is 2.41. The number of hydrogen-bond acceptors (Lipinski definition) is 6. The molecule has 3 rings (SSSR count). The molecule has 1 saturated heterocycles. The predicted octanol–water partition coefficient (Wildman–Crippen LogP) is 0.937. The molecule has 1 aromatic carbocycles. The molecule has 0 spiro atoms. The Morgan fingerprint density at radius 1 is 1.27 bits per heavy atom. The van der Waals surface area contributed by atoms with Crippen molar-refractivity contribution in [2.75, 3.05) is 46.6 Å². The second kappa shape index (κ2) is 8.70. The molecule has 26 heavy (non-hydrogen) atoms. The molecule has 2 N–H and O–H groups in total. The Morgan fingerprint density at radius 2 is 2.08 bits per heavy atom. The molecule has 7 nitrogen and oxygen atoms in total. The van der Waals surface area contributed by atoms with Crippen molar-refractivity contribution >= 4 is 5.91 Å². The van der Waals surface area contributed by atoms with Gasteiger partial charge in [-0.05, 0) is 30.5 Å². The van der Waals surface area contributed by atoms with Gasteiger partial charge in [-0.1, -0.05) is 6.07 Å². The average molecular weight is 364 g/mol. The zero-order chi connectivity index (χ0) is 18.4. The molecule has 1 atom stereocenters. The normalized spacial score (nSPS) is 23.0. The van der Waals surface area contributed by atoms with Crippen molar-refractivity contribution in [3.63, 3.8) is 0 Å². The number of benzene rings is 1. The van der Waals surface area contributed by atoms with Crippen molar-refractivity contribution in [1.82, 2.24) is 10.2 Å². The van der Waals surface area contributed by atoms with E-state index in [0.717, 1.165) is 29.9 Å². The number of nitrogens with zero attached hydrogens (tertiary/aromatic N) is 1. The number of rotatable bonds is 7. The van der Waals surface area contributed by atoms with Crippen molar-refractivity contribution < 1.29 is 24.1 Å². The van der Waals surface area contributed by atoms with Gasteiger partial charge in [0.05, 0.1) is 19.8 Å². The van der Waals surface area contributed by atoms with Crippen LogP contribution in [-0.2, 0) is 16.1 Å².